The van der Waals surface area contributed by atoms with Crippen molar-refractivity contribution < 1.29 is 9.53 Å². The number of ether oxygens (including phenoxy) is 1. The van der Waals surface area contributed by atoms with E-state index in [2.05, 4.69) is 36.2 Å². The number of benzene rings is 1. The molecular formula is C18H29N3O2. The minimum Gasteiger partial charge on any atom is -0.366 e. The maximum absolute atomic E-state index is 12.8. The fourth-order valence-electron chi connectivity index (χ4n) is 2.80. The Morgan fingerprint density at radius 1 is 1.22 bits per heavy atom. The number of nitrogens with zero attached hydrogens (tertiary/aromatic N) is 2. The van der Waals surface area contributed by atoms with Crippen molar-refractivity contribution in [3.63, 3.8) is 0 Å². The van der Waals surface area contributed by atoms with Crippen LogP contribution in [0, 0.1) is 0 Å². The minimum atomic E-state index is -0.357. The van der Waals surface area contributed by atoms with Crippen LogP contribution in [0.2, 0.25) is 0 Å². The first-order valence-electron chi connectivity index (χ1n) is 8.62. The summed E-state index contributed by atoms with van der Waals surface area (Å²) in [6, 6.07) is 10.2. The highest BCUT2D eigenvalue weighted by atomic mass is 16.5. The molecule has 2 rings (SSSR count). The molecule has 1 N–H and O–H groups in total. The van der Waals surface area contributed by atoms with Crippen molar-refractivity contribution in [3.05, 3.63) is 35.9 Å². The van der Waals surface area contributed by atoms with E-state index in [9.17, 15) is 4.79 Å². The van der Waals surface area contributed by atoms with E-state index < -0.39 is 0 Å². The molecule has 128 valence electrons. The Bertz CT molecular complexity index is 457. The van der Waals surface area contributed by atoms with Gasteiger partial charge in [0.1, 0.15) is 6.10 Å². The maximum atomic E-state index is 12.8. The molecule has 0 saturated carbocycles. The molecule has 1 amide bonds. The molecule has 0 aromatic heterocycles. The number of carbonyl (C=O) groups excluding carboxylic acids is 1. The zero-order valence-electron chi connectivity index (χ0n) is 14.3. The SMILES string of the molecule is CCN(CC)CCN(Cc1ccccc1)C(=O)C1CNCCO1. The molecule has 5 heteroatoms. The molecule has 1 heterocycles. The molecule has 0 radical (unpaired) electrons. The van der Waals surface area contributed by atoms with Crippen molar-refractivity contribution in [2.75, 3.05) is 45.9 Å². The van der Waals surface area contributed by atoms with Crippen molar-refractivity contribution in [1.29, 1.82) is 0 Å². The Balaban J connectivity index is 2.01. The molecule has 1 aromatic carbocycles. The molecule has 0 bridgehead atoms. The van der Waals surface area contributed by atoms with E-state index in [1.54, 1.807) is 0 Å². The van der Waals surface area contributed by atoms with Crippen LogP contribution in [0.1, 0.15) is 19.4 Å². The summed E-state index contributed by atoms with van der Waals surface area (Å²) in [5.74, 6) is 0.0909. The standard InChI is InChI=1S/C18H29N3O2/c1-3-20(4-2)11-12-21(15-16-8-6-5-7-9-16)18(22)17-14-19-10-13-23-17/h5-9,17,19H,3-4,10-15H2,1-2H3. The van der Waals surface area contributed by atoms with Crippen LogP contribution in [0.3, 0.4) is 0 Å². The van der Waals surface area contributed by atoms with Crippen LogP contribution in [0.5, 0.6) is 0 Å². The fraction of sp³-hybridized carbons (Fsp3) is 0.611. The molecule has 1 aliphatic rings. The summed E-state index contributed by atoms with van der Waals surface area (Å²) in [6.45, 7) is 10.6. The fourth-order valence-corrected chi connectivity index (χ4v) is 2.80. The zero-order valence-corrected chi connectivity index (χ0v) is 14.3. The van der Waals surface area contributed by atoms with Gasteiger partial charge in [-0.3, -0.25) is 4.79 Å². The first-order chi connectivity index (χ1) is 11.2. The van der Waals surface area contributed by atoms with E-state index in [0.29, 0.717) is 19.7 Å². The van der Waals surface area contributed by atoms with Gasteiger partial charge in [0.15, 0.2) is 0 Å². The summed E-state index contributed by atoms with van der Waals surface area (Å²) in [5, 5.41) is 3.24. The van der Waals surface area contributed by atoms with Gasteiger partial charge in [0, 0.05) is 32.7 Å². The zero-order chi connectivity index (χ0) is 16.5. The maximum Gasteiger partial charge on any atom is 0.253 e. The Hall–Kier alpha value is -1.43. The molecule has 0 aliphatic carbocycles. The summed E-state index contributed by atoms with van der Waals surface area (Å²) in [7, 11) is 0. The number of carbonyl (C=O) groups is 1. The van der Waals surface area contributed by atoms with Gasteiger partial charge in [-0.05, 0) is 18.7 Å². The van der Waals surface area contributed by atoms with Gasteiger partial charge in [0.25, 0.3) is 5.91 Å². The van der Waals surface area contributed by atoms with Gasteiger partial charge in [-0.2, -0.15) is 0 Å². The lowest BCUT2D eigenvalue weighted by Crippen LogP contribution is -2.50. The number of morpholine rings is 1. The number of amides is 1. The van der Waals surface area contributed by atoms with Crippen LogP contribution >= 0.6 is 0 Å². The van der Waals surface area contributed by atoms with Crippen molar-refractivity contribution >= 4 is 5.91 Å². The first-order valence-corrected chi connectivity index (χ1v) is 8.62. The van der Waals surface area contributed by atoms with Gasteiger partial charge in [-0.25, -0.2) is 0 Å². The molecule has 1 saturated heterocycles. The van der Waals surface area contributed by atoms with Crippen LogP contribution < -0.4 is 5.32 Å². The molecule has 1 unspecified atom stereocenters. The minimum absolute atomic E-state index is 0.0909. The van der Waals surface area contributed by atoms with Crippen LogP contribution in [0.25, 0.3) is 0 Å². The van der Waals surface area contributed by atoms with Crippen molar-refractivity contribution in [2.45, 2.75) is 26.5 Å². The largest absolute Gasteiger partial charge is 0.366 e. The predicted molar refractivity (Wildman–Crippen MR) is 92.3 cm³/mol. The number of rotatable bonds is 8. The number of likely N-dealkylation sites (N-methyl/N-ethyl adjacent to an activating group) is 1. The molecule has 1 aliphatic heterocycles. The lowest BCUT2D eigenvalue weighted by atomic mass is 10.2. The van der Waals surface area contributed by atoms with E-state index in [-0.39, 0.29) is 12.0 Å². The van der Waals surface area contributed by atoms with E-state index in [4.69, 9.17) is 4.74 Å². The average molecular weight is 319 g/mol. The van der Waals surface area contributed by atoms with Gasteiger partial charge < -0.3 is 19.9 Å². The quantitative estimate of drug-likeness (QED) is 0.785. The summed E-state index contributed by atoms with van der Waals surface area (Å²) in [4.78, 5) is 17.1. The predicted octanol–water partition coefficient (Wildman–Crippen LogP) is 1.35. The smallest absolute Gasteiger partial charge is 0.253 e. The molecule has 23 heavy (non-hydrogen) atoms. The molecular weight excluding hydrogens is 290 g/mol. The molecule has 5 nitrogen and oxygen atoms in total. The van der Waals surface area contributed by atoms with Crippen molar-refractivity contribution in [1.82, 2.24) is 15.1 Å². The Morgan fingerprint density at radius 2 is 1.96 bits per heavy atom. The Labute approximate surface area is 139 Å². The third kappa shape index (κ3) is 5.61. The number of hydrogen-bond donors (Lipinski definition) is 1. The van der Waals surface area contributed by atoms with Crippen LogP contribution in [0.4, 0.5) is 0 Å². The molecule has 1 aromatic rings. The van der Waals surface area contributed by atoms with Crippen LogP contribution in [-0.2, 0) is 16.1 Å². The Kier molecular flexibility index (Phi) is 7.52. The summed E-state index contributed by atoms with van der Waals surface area (Å²) in [6.07, 6.45) is -0.357. The van der Waals surface area contributed by atoms with Crippen LogP contribution in [-0.4, -0.2) is 67.7 Å². The van der Waals surface area contributed by atoms with Gasteiger partial charge in [0.05, 0.1) is 6.61 Å². The second-order valence-electron chi connectivity index (χ2n) is 5.84. The molecule has 0 spiro atoms. The van der Waals surface area contributed by atoms with E-state index in [1.165, 1.54) is 0 Å². The van der Waals surface area contributed by atoms with Gasteiger partial charge >= 0.3 is 0 Å². The molecule has 1 atom stereocenters. The van der Waals surface area contributed by atoms with E-state index in [1.807, 2.05) is 23.1 Å². The highest BCUT2D eigenvalue weighted by molar-refractivity contribution is 5.81. The van der Waals surface area contributed by atoms with Gasteiger partial charge in [-0.1, -0.05) is 44.2 Å². The monoisotopic (exact) mass is 319 g/mol. The molecule has 1 fully saturated rings. The average Bonchev–Trinajstić information content (AvgIpc) is 2.62. The lowest BCUT2D eigenvalue weighted by molar-refractivity contribution is -0.146. The van der Waals surface area contributed by atoms with Crippen molar-refractivity contribution in [3.8, 4) is 0 Å². The third-order valence-corrected chi connectivity index (χ3v) is 4.31. The lowest BCUT2D eigenvalue weighted by Gasteiger charge is -2.31. The topological polar surface area (TPSA) is 44.8 Å². The van der Waals surface area contributed by atoms with Crippen LogP contribution in [0.15, 0.2) is 30.3 Å². The van der Waals surface area contributed by atoms with E-state index >= 15 is 0 Å². The summed E-state index contributed by atoms with van der Waals surface area (Å²) >= 11 is 0. The van der Waals surface area contributed by atoms with Gasteiger partial charge in [-0.15, -0.1) is 0 Å². The highest BCUT2D eigenvalue weighted by Gasteiger charge is 2.27. The normalized spacial score (nSPS) is 18.1. The highest BCUT2D eigenvalue weighted by Crippen LogP contribution is 2.09. The Morgan fingerprint density at radius 3 is 2.57 bits per heavy atom. The second kappa shape index (κ2) is 9.65. The number of hydrogen-bond acceptors (Lipinski definition) is 4. The first kappa shape index (κ1) is 17.9. The summed E-state index contributed by atoms with van der Waals surface area (Å²) in [5.41, 5.74) is 1.16. The van der Waals surface area contributed by atoms with Crippen molar-refractivity contribution in [2.24, 2.45) is 0 Å². The third-order valence-electron chi connectivity index (χ3n) is 4.31. The summed E-state index contributed by atoms with van der Waals surface area (Å²) < 4.78 is 5.65. The van der Waals surface area contributed by atoms with E-state index in [0.717, 1.165) is 38.3 Å². The second-order valence-corrected chi connectivity index (χ2v) is 5.84. The van der Waals surface area contributed by atoms with Gasteiger partial charge in [0.2, 0.25) is 0 Å². The number of nitrogens with one attached hydrogen (secondary N) is 1.